The highest BCUT2D eigenvalue weighted by Gasteiger charge is 2.02. The normalized spacial score (nSPS) is 10.7. The third-order valence-corrected chi connectivity index (χ3v) is 2.37. The first-order valence-corrected chi connectivity index (χ1v) is 4.62. The predicted octanol–water partition coefficient (Wildman–Crippen LogP) is 3.25. The fraction of sp³-hybridized carbons (Fsp3) is 0.167. The van der Waals surface area contributed by atoms with Gasteiger partial charge in [0, 0.05) is 0 Å². The minimum Gasteiger partial charge on any atom is -0.508 e. The fourth-order valence-corrected chi connectivity index (χ4v) is 1.70. The van der Waals surface area contributed by atoms with Crippen LogP contribution >= 0.6 is 0 Å². The average molecular weight is 190 g/mol. The molecule has 1 N–H and O–H groups in total. The standard InChI is InChI=1S/C12H11FO/c1-2-8-6-11(14)7-9-5-10(13)3-4-12(8)9/h3-7,14H,2H2,1H3. The highest BCUT2D eigenvalue weighted by atomic mass is 19.1. The molecule has 14 heavy (non-hydrogen) atoms. The summed E-state index contributed by atoms with van der Waals surface area (Å²) in [5.41, 5.74) is 1.04. The number of halogens is 1. The van der Waals surface area contributed by atoms with Gasteiger partial charge in [0.2, 0.25) is 0 Å². The van der Waals surface area contributed by atoms with Crippen molar-refractivity contribution < 1.29 is 9.50 Å². The summed E-state index contributed by atoms with van der Waals surface area (Å²) in [6, 6.07) is 7.94. The highest BCUT2D eigenvalue weighted by molar-refractivity contribution is 5.87. The van der Waals surface area contributed by atoms with E-state index in [0.29, 0.717) is 0 Å². The van der Waals surface area contributed by atoms with Crippen LogP contribution in [0.2, 0.25) is 0 Å². The maximum absolute atomic E-state index is 12.9. The molecular formula is C12H11FO. The van der Waals surface area contributed by atoms with E-state index >= 15 is 0 Å². The van der Waals surface area contributed by atoms with E-state index in [4.69, 9.17) is 0 Å². The van der Waals surface area contributed by atoms with Gasteiger partial charge in [0.05, 0.1) is 0 Å². The number of benzene rings is 2. The van der Waals surface area contributed by atoms with Gasteiger partial charge >= 0.3 is 0 Å². The van der Waals surface area contributed by atoms with E-state index in [-0.39, 0.29) is 11.6 Å². The molecule has 0 atom stereocenters. The third-order valence-electron chi connectivity index (χ3n) is 2.37. The van der Waals surface area contributed by atoms with Gasteiger partial charge in [-0.25, -0.2) is 4.39 Å². The summed E-state index contributed by atoms with van der Waals surface area (Å²) in [5, 5.41) is 11.2. The number of aryl methyl sites for hydroxylation is 1. The molecule has 0 heterocycles. The Hall–Kier alpha value is -1.57. The van der Waals surface area contributed by atoms with E-state index in [2.05, 4.69) is 0 Å². The number of hydrogen-bond acceptors (Lipinski definition) is 1. The first-order valence-electron chi connectivity index (χ1n) is 4.62. The van der Waals surface area contributed by atoms with Gasteiger partial charge in [-0.15, -0.1) is 0 Å². The van der Waals surface area contributed by atoms with Gasteiger partial charge in [0.15, 0.2) is 0 Å². The lowest BCUT2D eigenvalue weighted by Gasteiger charge is -2.05. The SMILES string of the molecule is CCc1cc(O)cc2cc(F)ccc12. The quantitative estimate of drug-likeness (QED) is 0.731. The van der Waals surface area contributed by atoms with Crippen LogP contribution in [0.5, 0.6) is 5.75 Å². The summed E-state index contributed by atoms with van der Waals surface area (Å²) in [6.45, 7) is 2.01. The Morgan fingerprint density at radius 2 is 2.00 bits per heavy atom. The first kappa shape index (κ1) is 9.00. The van der Waals surface area contributed by atoms with Crippen molar-refractivity contribution in [3.63, 3.8) is 0 Å². The second-order valence-corrected chi connectivity index (χ2v) is 3.32. The van der Waals surface area contributed by atoms with Crippen molar-refractivity contribution in [2.45, 2.75) is 13.3 Å². The van der Waals surface area contributed by atoms with E-state index < -0.39 is 0 Å². The molecule has 2 aromatic carbocycles. The monoisotopic (exact) mass is 190 g/mol. The lowest BCUT2D eigenvalue weighted by Crippen LogP contribution is -1.85. The second-order valence-electron chi connectivity index (χ2n) is 3.32. The van der Waals surface area contributed by atoms with Crippen molar-refractivity contribution in [1.82, 2.24) is 0 Å². The van der Waals surface area contributed by atoms with Crippen LogP contribution in [-0.4, -0.2) is 5.11 Å². The molecule has 0 bridgehead atoms. The summed E-state index contributed by atoms with van der Waals surface area (Å²) in [5.74, 6) is -0.0786. The van der Waals surface area contributed by atoms with Gasteiger partial charge in [0.25, 0.3) is 0 Å². The maximum Gasteiger partial charge on any atom is 0.123 e. The molecule has 1 nitrogen and oxygen atoms in total. The van der Waals surface area contributed by atoms with Crippen LogP contribution in [-0.2, 0) is 6.42 Å². The molecule has 0 unspecified atom stereocenters. The molecule has 0 saturated carbocycles. The van der Waals surface area contributed by atoms with Crippen LogP contribution in [0.15, 0.2) is 30.3 Å². The topological polar surface area (TPSA) is 20.2 Å². The molecule has 0 radical (unpaired) electrons. The maximum atomic E-state index is 12.9. The van der Waals surface area contributed by atoms with Crippen LogP contribution in [0, 0.1) is 5.82 Å². The molecule has 2 aromatic rings. The minimum absolute atomic E-state index is 0.194. The molecule has 2 heteroatoms. The number of rotatable bonds is 1. The van der Waals surface area contributed by atoms with Crippen molar-refractivity contribution in [2.24, 2.45) is 0 Å². The zero-order valence-electron chi connectivity index (χ0n) is 7.92. The molecular weight excluding hydrogens is 179 g/mol. The minimum atomic E-state index is -0.273. The van der Waals surface area contributed by atoms with Gasteiger partial charge in [-0.05, 0) is 47.0 Å². The van der Waals surface area contributed by atoms with E-state index in [1.165, 1.54) is 12.1 Å². The Morgan fingerprint density at radius 3 is 2.71 bits per heavy atom. The summed E-state index contributed by atoms with van der Waals surface area (Å²) in [4.78, 5) is 0. The molecule has 0 aromatic heterocycles. The fourth-order valence-electron chi connectivity index (χ4n) is 1.70. The smallest absolute Gasteiger partial charge is 0.123 e. The van der Waals surface area contributed by atoms with Crippen molar-refractivity contribution in [3.8, 4) is 5.75 Å². The Labute approximate surface area is 81.8 Å². The Morgan fingerprint density at radius 1 is 1.21 bits per heavy atom. The van der Waals surface area contributed by atoms with Crippen LogP contribution in [0.3, 0.4) is 0 Å². The lowest BCUT2D eigenvalue weighted by molar-refractivity contribution is 0.475. The van der Waals surface area contributed by atoms with Crippen LogP contribution in [0.4, 0.5) is 4.39 Å². The van der Waals surface area contributed by atoms with Gasteiger partial charge in [-0.1, -0.05) is 13.0 Å². The van der Waals surface area contributed by atoms with E-state index in [1.807, 2.05) is 6.92 Å². The Bertz CT molecular complexity index is 472. The van der Waals surface area contributed by atoms with E-state index in [1.54, 1.807) is 18.2 Å². The molecule has 0 aliphatic rings. The molecule has 0 amide bonds. The number of fused-ring (bicyclic) bond motifs is 1. The number of phenolic OH excluding ortho intramolecular Hbond substituents is 1. The van der Waals surface area contributed by atoms with Crippen molar-refractivity contribution >= 4 is 10.8 Å². The molecule has 0 aliphatic carbocycles. The van der Waals surface area contributed by atoms with Crippen molar-refractivity contribution in [2.75, 3.05) is 0 Å². The number of hydrogen-bond donors (Lipinski definition) is 1. The summed E-state index contributed by atoms with van der Waals surface area (Å²) in [6.07, 6.45) is 0.830. The summed E-state index contributed by atoms with van der Waals surface area (Å²) < 4.78 is 12.9. The van der Waals surface area contributed by atoms with E-state index in [0.717, 1.165) is 22.8 Å². The van der Waals surface area contributed by atoms with Gasteiger partial charge in [0.1, 0.15) is 11.6 Å². The molecule has 72 valence electrons. The van der Waals surface area contributed by atoms with Crippen molar-refractivity contribution in [1.29, 1.82) is 0 Å². The highest BCUT2D eigenvalue weighted by Crippen LogP contribution is 2.25. The van der Waals surface area contributed by atoms with Crippen LogP contribution in [0.25, 0.3) is 10.8 Å². The molecule has 0 fully saturated rings. The zero-order chi connectivity index (χ0) is 10.1. The zero-order valence-corrected chi connectivity index (χ0v) is 7.92. The molecule has 2 rings (SSSR count). The first-order chi connectivity index (χ1) is 6.70. The third kappa shape index (κ3) is 1.43. The van der Waals surface area contributed by atoms with Gasteiger partial charge in [-0.3, -0.25) is 0 Å². The lowest BCUT2D eigenvalue weighted by atomic mass is 10.0. The van der Waals surface area contributed by atoms with Crippen molar-refractivity contribution in [3.05, 3.63) is 41.7 Å². The Kier molecular flexibility index (Phi) is 2.12. The van der Waals surface area contributed by atoms with Gasteiger partial charge in [-0.2, -0.15) is 0 Å². The van der Waals surface area contributed by atoms with Gasteiger partial charge < -0.3 is 5.11 Å². The Balaban J connectivity index is 2.81. The van der Waals surface area contributed by atoms with Crippen LogP contribution in [0.1, 0.15) is 12.5 Å². The average Bonchev–Trinajstić information content (AvgIpc) is 2.15. The predicted molar refractivity (Wildman–Crippen MR) is 54.9 cm³/mol. The number of phenols is 1. The van der Waals surface area contributed by atoms with Crippen LogP contribution < -0.4 is 0 Å². The largest absolute Gasteiger partial charge is 0.508 e. The van der Waals surface area contributed by atoms with E-state index in [9.17, 15) is 9.50 Å². The molecule has 0 saturated heterocycles. The second kappa shape index (κ2) is 3.29. The molecule has 0 spiro atoms. The summed E-state index contributed by atoms with van der Waals surface area (Å²) >= 11 is 0. The molecule has 0 aliphatic heterocycles. The summed E-state index contributed by atoms with van der Waals surface area (Å²) in [7, 11) is 0. The number of aromatic hydroxyl groups is 1.